The van der Waals surface area contributed by atoms with Crippen molar-refractivity contribution in [3.8, 4) is 0 Å². The number of benzene rings is 2. The second kappa shape index (κ2) is 10.6. The van der Waals surface area contributed by atoms with Crippen LogP contribution in [0.2, 0.25) is 0 Å². The molecule has 2 aliphatic rings. The molecule has 1 aliphatic heterocycles. The minimum absolute atomic E-state index is 0.161. The molecule has 2 aromatic carbocycles. The van der Waals surface area contributed by atoms with Crippen LogP contribution in [0.25, 0.3) is 10.8 Å². The molecule has 7 nitrogen and oxygen atoms in total. The third-order valence-corrected chi connectivity index (χ3v) is 6.59. The summed E-state index contributed by atoms with van der Waals surface area (Å²) in [6.07, 6.45) is 9.02. The van der Waals surface area contributed by atoms with E-state index in [0.29, 0.717) is 18.7 Å². The van der Waals surface area contributed by atoms with Crippen molar-refractivity contribution >= 4 is 28.4 Å². The summed E-state index contributed by atoms with van der Waals surface area (Å²) in [6.45, 7) is 2.67. The molecule has 2 N–H and O–H groups in total. The molecule has 3 aromatic rings. The first-order chi connectivity index (χ1) is 18.0. The summed E-state index contributed by atoms with van der Waals surface area (Å²) in [5.41, 5.74) is 14.5. The lowest BCUT2D eigenvalue weighted by atomic mass is 9.93. The van der Waals surface area contributed by atoms with Crippen molar-refractivity contribution in [3.63, 3.8) is 0 Å². The highest BCUT2D eigenvalue weighted by atomic mass is 16.2. The fourth-order valence-electron chi connectivity index (χ4n) is 4.93. The van der Waals surface area contributed by atoms with Crippen molar-refractivity contribution in [2.24, 2.45) is 10.7 Å². The lowest BCUT2D eigenvalue weighted by molar-refractivity contribution is -0.125. The Kier molecular flexibility index (Phi) is 6.93. The van der Waals surface area contributed by atoms with Gasteiger partial charge in [-0.1, -0.05) is 72.1 Å². The molecule has 184 valence electrons. The van der Waals surface area contributed by atoms with Crippen LogP contribution in [0.3, 0.4) is 0 Å². The Morgan fingerprint density at radius 2 is 1.86 bits per heavy atom. The van der Waals surface area contributed by atoms with Crippen molar-refractivity contribution in [1.29, 1.82) is 0 Å². The van der Waals surface area contributed by atoms with E-state index in [9.17, 15) is 9.59 Å². The smallest absolute Gasteiger partial charge is 0.266 e. The third kappa shape index (κ3) is 5.06. The second-order valence-corrected chi connectivity index (χ2v) is 9.07. The second-order valence-electron chi connectivity index (χ2n) is 9.07. The fourth-order valence-corrected chi connectivity index (χ4v) is 4.93. The van der Waals surface area contributed by atoms with Gasteiger partial charge in [0.15, 0.2) is 0 Å². The van der Waals surface area contributed by atoms with Crippen LogP contribution in [0, 0.1) is 0 Å². The number of nitrogens with two attached hydrogens (primary N) is 1. The molecule has 37 heavy (non-hydrogen) atoms. The van der Waals surface area contributed by atoms with Gasteiger partial charge in [-0.2, -0.15) is 4.99 Å². The number of carbonyl (C=O) groups excluding carboxylic acids is 2. The Labute approximate surface area is 215 Å². The van der Waals surface area contributed by atoms with Crippen LogP contribution < -0.4 is 5.73 Å². The van der Waals surface area contributed by atoms with Crippen LogP contribution in [0.4, 0.5) is 0 Å². The molecule has 7 heteroatoms. The van der Waals surface area contributed by atoms with Gasteiger partial charge >= 0.3 is 0 Å². The van der Waals surface area contributed by atoms with Gasteiger partial charge < -0.3 is 10.6 Å². The van der Waals surface area contributed by atoms with Crippen molar-refractivity contribution in [2.75, 3.05) is 19.6 Å². The van der Waals surface area contributed by atoms with Crippen LogP contribution in [0.15, 0.2) is 107 Å². The molecule has 1 aromatic heterocycles. The number of amidine groups is 1. The summed E-state index contributed by atoms with van der Waals surface area (Å²) in [5.74, 6) is -0.358. The Bertz CT molecular complexity index is 1500. The van der Waals surface area contributed by atoms with E-state index >= 15 is 0 Å². The van der Waals surface area contributed by atoms with Crippen LogP contribution in [0.1, 0.15) is 28.9 Å². The number of amides is 2. The zero-order chi connectivity index (χ0) is 25.8. The van der Waals surface area contributed by atoms with E-state index in [4.69, 9.17) is 5.73 Å². The minimum atomic E-state index is -0.696. The van der Waals surface area contributed by atoms with E-state index in [1.807, 2.05) is 66.7 Å². The van der Waals surface area contributed by atoms with Gasteiger partial charge in [0.05, 0.1) is 17.4 Å². The maximum absolute atomic E-state index is 13.7. The van der Waals surface area contributed by atoms with Gasteiger partial charge in [0.1, 0.15) is 6.04 Å². The predicted molar refractivity (Wildman–Crippen MR) is 144 cm³/mol. The van der Waals surface area contributed by atoms with Crippen LogP contribution in [-0.4, -0.2) is 58.1 Å². The molecule has 5 rings (SSSR count). The lowest BCUT2D eigenvalue weighted by Crippen LogP contribution is -2.58. The number of fused-ring (bicyclic) bond motifs is 1. The average Bonchev–Trinajstić information content (AvgIpc) is 2.93. The Balaban J connectivity index is 1.53. The molecule has 2 heterocycles. The number of rotatable bonds is 5. The first kappa shape index (κ1) is 24.2. The summed E-state index contributed by atoms with van der Waals surface area (Å²) < 4.78 is 0. The summed E-state index contributed by atoms with van der Waals surface area (Å²) >= 11 is 0. The minimum Gasteiger partial charge on any atom is -0.387 e. The van der Waals surface area contributed by atoms with Crippen LogP contribution in [0.5, 0.6) is 0 Å². The van der Waals surface area contributed by atoms with Gasteiger partial charge in [-0.05, 0) is 30.0 Å². The lowest BCUT2D eigenvalue weighted by Gasteiger charge is -2.44. The van der Waals surface area contributed by atoms with Gasteiger partial charge in [0.2, 0.25) is 0 Å². The highest BCUT2D eigenvalue weighted by Gasteiger charge is 2.40. The molecule has 0 bridgehead atoms. The SMILES string of the molecule is CC(N)=NC(=O)[C@H]1CN(C(=O)c2cncc3ccccc23)CCN1C(C1=C=C=CC=C1)c1ccccc1. The van der Waals surface area contributed by atoms with E-state index in [1.165, 1.54) is 0 Å². The zero-order valence-electron chi connectivity index (χ0n) is 20.5. The molecule has 0 spiro atoms. The quantitative estimate of drug-likeness (QED) is 0.334. The number of allylic oxidation sites excluding steroid dienone is 2. The Morgan fingerprint density at radius 3 is 2.62 bits per heavy atom. The number of aliphatic imine (C=N–C) groups is 1. The maximum Gasteiger partial charge on any atom is 0.266 e. The van der Waals surface area contributed by atoms with Gasteiger partial charge in [-0.25, -0.2) is 0 Å². The van der Waals surface area contributed by atoms with Gasteiger partial charge in [-0.3, -0.25) is 19.5 Å². The summed E-state index contributed by atoms with van der Waals surface area (Å²) in [4.78, 5) is 39.3. The number of piperazine rings is 1. The topological polar surface area (TPSA) is 91.9 Å². The molecule has 0 saturated carbocycles. The molecule has 1 unspecified atom stereocenters. The summed E-state index contributed by atoms with van der Waals surface area (Å²) in [5, 5.41) is 1.73. The Hall–Kier alpha value is -4.54. The molecule has 1 saturated heterocycles. The van der Waals surface area contributed by atoms with E-state index in [0.717, 1.165) is 21.9 Å². The van der Waals surface area contributed by atoms with Crippen molar-refractivity contribution < 1.29 is 9.59 Å². The number of hydrogen-bond acceptors (Lipinski definition) is 4. The molecule has 1 fully saturated rings. The first-order valence-electron chi connectivity index (χ1n) is 12.2. The van der Waals surface area contributed by atoms with Crippen molar-refractivity contribution in [1.82, 2.24) is 14.8 Å². The molecule has 2 amide bonds. The average molecular weight is 490 g/mol. The van der Waals surface area contributed by atoms with E-state index < -0.39 is 6.04 Å². The monoisotopic (exact) mass is 489 g/mol. The Morgan fingerprint density at radius 1 is 1.08 bits per heavy atom. The van der Waals surface area contributed by atoms with Crippen LogP contribution >= 0.6 is 0 Å². The highest BCUT2D eigenvalue weighted by molar-refractivity contribution is 6.06. The third-order valence-electron chi connectivity index (χ3n) is 6.59. The molecule has 0 radical (unpaired) electrons. The largest absolute Gasteiger partial charge is 0.387 e. The maximum atomic E-state index is 13.7. The number of aromatic nitrogens is 1. The zero-order valence-corrected chi connectivity index (χ0v) is 20.5. The van der Waals surface area contributed by atoms with Crippen LogP contribution in [-0.2, 0) is 4.79 Å². The van der Waals surface area contributed by atoms with Crippen molar-refractivity contribution in [2.45, 2.75) is 19.0 Å². The molecule has 1 aliphatic carbocycles. The molecule has 2 atom stereocenters. The van der Waals surface area contributed by atoms with E-state index in [-0.39, 0.29) is 30.2 Å². The van der Waals surface area contributed by atoms with E-state index in [2.05, 4.69) is 26.3 Å². The molecular formula is C30H27N5O2. The standard InChI is InChI=1S/C30H27N5O2/c1-21(31)33-29(36)27-20-34(30(37)26-19-32-18-24-14-8-9-15-25(24)26)16-17-35(27)28(22-10-4-2-5-11-22)23-12-6-3-7-13-23/h2-6,8-12,14-15,18-19,27-28H,16-17,20H2,1H3,(H2,31,33,36)/t27-,28?/m1/s1. The predicted octanol–water partition coefficient (Wildman–Crippen LogP) is 3.81. The first-order valence-corrected chi connectivity index (χ1v) is 12.2. The number of carbonyl (C=O) groups is 2. The van der Waals surface area contributed by atoms with Gasteiger partial charge in [-0.15, -0.1) is 0 Å². The van der Waals surface area contributed by atoms with Gasteiger partial charge in [0, 0.05) is 43.0 Å². The highest BCUT2D eigenvalue weighted by Crippen LogP contribution is 2.33. The van der Waals surface area contributed by atoms with Crippen molar-refractivity contribution in [3.05, 3.63) is 113 Å². The fraction of sp³-hybridized carbons (Fsp3) is 0.200. The van der Waals surface area contributed by atoms with Gasteiger partial charge in [0.25, 0.3) is 11.8 Å². The number of pyridine rings is 1. The summed E-state index contributed by atoms with van der Waals surface area (Å²) in [7, 11) is 0. The number of hydrogen-bond donors (Lipinski definition) is 1. The summed E-state index contributed by atoms with van der Waals surface area (Å²) in [6, 6.07) is 16.7. The van der Waals surface area contributed by atoms with E-state index in [1.54, 1.807) is 30.3 Å². The normalized spacial score (nSPS) is 18.6. The molecular weight excluding hydrogens is 462 g/mol. The number of nitrogens with zero attached hydrogens (tertiary/aromatic N) is 4.